The number of alkyl halides is 1. The lowest BCUT2D eigenvalue weighted by atomic mass is 10.1. The SMILES string of the molecule is O=C(CBr)c1ccc2c(c1)CCS2(=O)=O. The molecule has 0 fully saturated rings. The van der Waals surface area contributed by atoms with Crippen LogP contribution in [-0.2, 0) is 16.3 Å². The Hall–Kier alpha value is -0.680. The molecule has 1 aromatic carbocycles. The molecule has 0 atom stereocenters. The van der Waals surface area contributed by atoms with Crippen molar-refractivity contribution >= 4 is 31.6 Å². The van der Waals surface area contributed by atoms with E-state index in [0.29, 0.717) is 16.9 Å². The van der Waals surface area contributed by atoms with Gasteiger partial charge in [0.05, 0.1) is 16.0 Å². The van der Waals surface area contributed by atoms with Crippen LogP contribution in [0.25, 0.3) is 0 Å². The van der Waals surface area contributed by atoms with Crippen molar-refractivity contribution in [3.05, 3.63) is 29.3 Å². The first-order chi connectivity index (χ1) is 7.04. The lowest BCUT2D eigenvalue weighted by molar-refractivity contribution is 0.102. The number of carbonyl (C=O) groups excluding carboxylic acids is 1. The summed E-state index contributed by atoms with van der Waals surface area (Å²) in [5.41, 5.74) is 1.34. The molecule has 0 N–H and O–H groups in total. The number of sulfone groups is 1. The monoisotopic (exact) mass is 288 g/mol. The van der Waals surface area contributed by atoms with Gasteiger partial charge in [0.1, 0.15) is 0 Å². The van der Waals surface area contributed by atoms with Gasteiger partial charge in [0.15, 0.2) is 15.6 Å². The third kappa shape index (κ3) is 1.86. The summed E-state index contributed by atoms with van der Waals surface area (Å²) >= 11 is 3.09. The molecule has 80 valence electrons. The number of hydrogen-bond donors (Lipinski definition) is 0. The van der Waals surface area contributed by atoms with Crippen molar-refractivity contribution in [1.29, 1.82) is 0 Å². The van der Waals surface area contributed by atoms with Crippen LogP contribution in [0.1, 0.15) is 15.9 Å². The number of fused-ring (bicyclic) bond motifs is 1. The molecule has 0 saturated heterocycles. The van der Waals surface area contributed by atoms with Crippen LogP contribution in [0.2, 0.25) is 0 Å². The van der Waals surface area contributed by atoms with Crippen LogP contribution in [0.3, 0.4) is 0 Å². The molecule has 0 spiro atoms. The number of Topliss-reactive ketones (excluding diaryl/α,β-unsaturated/α-hetero) is 1. The highest BCUT2D eigenvalue weighted by molar-refractivity contribution is 9.09. The largest absolute Gasteiger partial charge is 0.293 e. The van der Waals surface area contributed by atoms with Gasteiger partial charge < -0.3 is 0 Å². The van der Waals surface area contributed by atoms with E-state index in [1.54, 1.807) is 12.1 Å². The van der Waals surface area contributed by atoms with Crippen LogP contribution in [0.5, 0.6) is 0 Å². The van der Waals surface area contributed by atoms with Crippen LogP contribution in [-0.4, -0.2) is 25.3 Å². The molecule has 3 nitrogen and oxygen atoms in total. The van der Waals surface area contributed by atoms with E-state index in [4.69, 9.17) is 0 Å². The zero-order chi connectivity index (χ0) is 11.1. The lowest BCUT2D eigenvalue weighted by Gasteiger charge is -2.01. The van der Waals surface area contributed by atoms with Gasteiger partial charge in [-0.15, -0.1) is 0 Å². The van der Waals surface area contributed by atoms with E-state index in [1.807, 2.05) is 0 Å². The predicted molar refractivity (Wildman–Crippen MR) is 60.3 cm³/mol. The van der Waals surface area contributed by atoms with Gasteiger partial charge in [-0.2, -0.15) is 0 Å². The van der Waals surface area contributed by atoms with Crippen molar-refractivity contribution in [3.63, 3.8) is 0 Å². The topological polar surface area (TPSA) is 51.2 Å². The Morgan fingerprint density at radius 3 is 2.80 bits per heavy atom. The lowest BCUT2D eigenvalue weighted by Crippen LogP contribution is -2.01. The van der Waals surface area contributed by atoms with Gasteiger partial charge in [-0.3, -0.25) is 4.79 Å². The average Bonchev–Trinajstić information content (AvgIpc) is 2.53. The van der Waals surface area contributed by atoms with E-state index >= 15 is 0 Å². The summed E-state index contributed by atoms with van der Waals surface area (Å²) < 4.78 is 23.0. The highest BCUT2D eigenvalue weighted by Crippen LogP contribution is 2.26. The fourth-order valence-corrected chi connectivity index (χ4v) is 3.55. The zero-order valence-corrected chi connectivity index (χ0v) is 10.3. The van der Waals surface area contributed by atoms with Gasteiger partial charge in [-0.05, 0) is 24.1 Å². The molecular weight excluding hydrogens is 280 g/mol. The summed E-state index contributed by atoms with van der Waals surface area (Å²) in [6, 6.07) is 4.79. The van der Waals surface area contributed by atoms with Crippen molar-refractivity contribution in [2.24, 2.45) is 0 Å². The molecule has 0 unspecified atom stereocenters. The Labute approximate surface area is 96.5 Å². The number of hydrogen-bond acceptors (Lipinski definition) is 3. The highest BCUT2D eigenvalue weighted by Gasteiger charge is 2.26. The first-order valence-corrected chi connectivity index (χ1v) is 7.27. The fourth-order valence-electron chi connectivity index (χ4n) is 1.68. The molecule has 1 heterocycles. The van der Waals surface area contributed by atoms with E-state index in [2.05, 4.69) is 15.9 Å². The van der Waals surface area contributed by atoms with Gasteiger partial charge >= 0.3 is 0 Å². The molecule has 2 rings (SSSR count). The van der Waals surface area contributed by atoms with E-state index in [0.717, 1.165) is 5.56 Å². The summed E-state index contributed by atoms with van der Waals surface area (Å²) in [5.74, 6) is 0.135. The van der Waals surface area contributed by atoms with Crippen molar-refractivity contribution in [2.45, 2.75) is 11.3 Å². The molecule has 5 heteroatoms. The molecule has 15 heavy (non-hydrogen) atoms. The van der Waals surface area contributed by atoms with Gasteiger partial charge in [0, 0.05) is 5.56 Å². The Kier molecular flexibility index (Phi) is 2.68. The second kappa shape index (κ2) is 3.72. The zero-order valence-electron chi connectivity index (χ0n) is 7.86. The molecule has 1 aliphatic heterocycles. The summed E-state index contributed by atoms with van der Waals surface area (Å²) in [6.07, 6.45) is 0.515. The summed E-state index contributed by atoms with van der Waals surface area (Å²) in [6.45, 7) is 0. The standard InChI is InChI=1S/C10H9BrO3S/c11-6-9(12)7-1-2-10-8(5-7)3-4-15(10,13)14/h1-2,5H,3-4,6H2. The van der Waals surface area contributed by atoms with E-state index in [1.165, 1.54) is 6.07 Å². The number of benzene rings is 1. The van der Waals surface area contributed by atoms with Gasteiger partial charge in [-0.1, -0.05) is 22.0 Å². The average molecular weight is 289 g/mol. The van der Waals surface area contributed by atoms with E-state index in [-0.39, 0.29) is 16.9 Å². The van der Waals surface area contributed by atoms with Crippen LogP contribution >= 0.6 is 15.9 Å². The molecule has 0 bridgehead atoms. The number of carbonyl (C=O) groups is 1. The van der Waals surface area contributed by atoms with Crippen molar-refractivity contribution in [1.82, 2.24) is 0 Å². The van der Waals surface area contributed by atoms with Crippen LogP contribution in [0.15, 0.2) is 23.1 Å². The molecule has 0 saturated carbocycles. The number of ketones is 1. The third-order valence-corrected chi connectivity index (χ3v) is 4.80. The highest BCUT2D eigenvalue weighted by atomic mass is 79.9. The third-order valence-electron chi connectivity index (χ3n) is 2.48. The molecule has 0 amide bonds. The summed E-state index contributed by atoms with van der Waals surface area (Å²) in [4.78, 5) is 11.8. The minimum Gasteiger partial charge on any atom is -0.293 e. The van der Waals surface area contributed by atoms with Crippen LogP contribution in [0, 0.1) is 0 Å². The predicted octanol–water partition coefficient (Wildman–Crippen LogP) is 1.59. The van der Waals surface area contributed by atoms with E-state index in [9.17, 15) is 13.2 Å². The fraction of sp³-hybridized carbons (Fsp3) is 0.300. The Morgan fingerprint density at radius 2 is 2.13 bits per heavy atom. The van der Waals surface area contributed by atoms with Crippen molar-refractivity contribution in [2.75, 3.05) is 11.1 Å². The molecule has 0 radical (unpaired) electrons. The van der Waals surface area contributed by atoms with Gasteiger partial charge in [-0.25, -0.2) is 8.42 Å². The summed E-state index contributed by atoms with van der Waals surface area (Å²) in [7, 11) is -3.08. The van der Waals surface area contributed by atoms with Gasteiger partial charge in [0.25, 0.3) is 0 Å². The maximum Gasteiger partial charge on any atom is 0.178 e. The molecular formula is C10H9BrO3S. The van der Waals surface area contributed by atoms with Crippen molar-refractivity contribution < 1.29 is 13.2 Å². The smallest absolute Gasteiger partial charge is 0.178 e. The minimum absolute atomic E-state index is 0.0258. The van der Waals surface area contributed by atoms with Crippen molar-refractivity contribution in [3.8, 4) is 0 Å². The Morgan fingerprint density at radius 1 is 1.40 bits per heavy atom. The second-order valence-electron chi connectivity index (χ2n) is 3.45. The minimum atomic E-state index is -3.08. The first kappa shape index (κ1) is 10.8. The first-order valence-electron chi connectivity index (χ1n) is 4.49. The van der Waals surface area contributed by atoms with Gasteiger partial charge in [0.2, 0.25) is 0 Å². The number of rotatable bonds is 2. The maximum atomic E-state index is 11.5. The second-order valence-corrected chi connectivity index (χ2v) is 6.09. The van der Waals surface area contributed by atoms with Crippen LogP contribution < -0.4 is 0 Å². The Bertz CT molecular complexity index is 519. The number of halogens is 1. The molecule has 0 aliphatic carbocycles. The van der Waals surface area contributed by atoms with Crippen LogP contribution in [0.4, 0.5) is 0 Å². The normalized spacial score (nSPS) is 17.4. The molecule has 1 aromatic rings. The van der Waals surface area contributed by atoms with E-state index < -0.39 is 9.84 Å². The quantitative estimate of drug-likeness (QED) is 0.613. The maximum absolute atomic E-state index is 11.5. The Balaban J connectivity index is 2.51. The molecule has 1 aliphatic rings. The molecule has 0 aromatic heterocycles. The summed E-state index contributed by atoms with van der Waals surface area (Å²) in [5, 5.41) is 0.262. The number of aryl methyl sites for hydroxylation is 1.